The van der Waals surface area contributed by atoms with Crippen LogP contribution in [0.5, 0.6) is 0 Å². The van der Waals surface area contributed by atoms with Crippen LogP contribution in [0.25, 0.3) is 0 Å². The minimum Gasteiger partial charge on any atom is -0.463 e. The lowest BCUT2D eigenvalue weighted by atomic mass is 9.95. The Kier molecular flexibility index (Phi) is 6.45. The van der Waals surface area contributed by atoms with Gasteiger partial charge in [0, 0.05) is 41.9 Å². The standard InChI is InChI=1S/C18H22ClN3O3S/c1-2-25-17(23)15-14(11-22-7-9-26-10-8-22)20-18(24)21-16(15)12-5-3-4-6-13(12)19/h3-6,16H,2,7-11H2,1H3,(H2,20,21,24)/t16-/m1/s1. The second-order valence-electron chi connectivity index (χ2n) is 6.05. The van der Waals surface area contributed by atoms with Gasteiger partial charge in [-0.15, -0.1) is 0 Å². The number of urea groups is 1. The van der Waals surface area contributed by atoms with E-state index in [-0.39, 0.29) is 12.6 Å². The number of thioether (sulfide) groups is 1. The van der Waals surface area contributed by atoms with Crippen molar-refractivity contribution in [1.29, 1.82) is 0 Å². The molecule has 0 saturated carbocycles. The van der Waals surface area contributed by atoms with Crippen LogP contribution in [0.2, 0.25) is 5.02 Å². The largest absolute Gasteiger partial charge is 0.463 e. The summed E-state index contributed by atoms with van der Waals surface area (Å²) < 4.78 is 5.27. The van der Waals surface area contributed by atoms with Gasteiger partial charge in [-0.1, -0.05) is 29.8 Å². The lowest BCUT2D eigenvalue weighted by Gasteiger charge is -2.33. The number of carbonyl (C=O) groups is 2. The fourth-order valence-electron chi connectivity index (χ4n) is 3.12. The number of hydrogen-bond acceptors (Lipinski definition) is 5. The zero-order valence-corrected chi connectivity index (χ0v) is 16.2. The zero-order chi connectivity index (χ0) is 18.5. The van der Waals surface area contributed by atoms with Crippen molar-refractivity contribution in [3.8, 4) is 0 Å². The van der Waals surface area contributed by atoms with Crippen molar-refractivity contribution < 1.29 is 14.3 Å². The van der Waals surface area contributed by atoms with Crippen molar-refractivity contribution in [1.82, 2.24) is 15.5 Å². The van der Waals surface area contributed by atoms with E-state index in [0.29, 0.717) is 28.4 Å². The molecule has 0 spiro atoms. The predicted octanol–water partition coefficient (Wildman–Crippen LogP) is 2.56. The second-order valence-corrected chi connectivity index (χ2v) is 7.69. The van der Waals surface area contributed by atoms with E-state index in [9.17, 15) is 9.59 Å². The van der Waals surface area contributed by atoms with E-state index in [1.54, 1.807) is 13.0 Å². The molecule has 8 heteroatoms. The third-order valence-corrected chi connectivity index (χ3v) is 5.64. The fraction of sp³-hybridized carbons (Fsp3) is 0.444. The number of carbonyl (C=O) groups excluding carboxylic acids is 2. The maximum atomic E-state index is 12.7. The lowest BCUT2D eigenvalue weighted by molar-refractivity contribution is -0.139. The molecule has 0 aromatic heterocycles. The molecule has 0 bridgehead atoms. The summed E-state index contributed by atoms with van der Waals surface area (Å²) in [5.41, 5.74) is 1.68. The monoisotopic (exact) mass is 395 g/mol. The topological polar surface area (TPSA) is 70.7 Å². The first-order valence-corrected chi connectivity index (χ1v) is 10.2. The van der Waals surface area contributed by atoms with Crippen molar-refractivity contribution in [2.24, 2.45) is 0 Å². The van der Waals surface area contributed by atoms with E-state index in [1.807, 2.05) is 30.0 Å². The Morgan fingerprint density at radius 1 is 1.35 bits per heavy atom. The zero-order valence-electron chi connectivity index (χ0n) is 14.6. The number of nitrogens with one attached hydrogen (secondary N) is 2. The Balaban J connectivity index is 2.00. The van der Waals surface area contributed by atoms with Gasteiger partial charge >= 0.3 is 12.0 Å². The van der Waals surface area contributed by atoms with Crippen LogP contribution in [0.4, 0.5) is 4.79 Å². The SMILES string of the molecule is CCOC(=O)C1=C(CN2CCSCC2)NC(=O)N[C@@H]1c1ccccc1Cl. The number of halogens is 1. The summed E-state index contributed by atoms with van der Waals surface area (Å²) in [6.45, 7) is 4.37. The van der Waals surface area contributed by atoms with Gasteiger partial charge in [0.2, 0.25) is 0 Å². The van der Waals surface area contributed by atoms with Crippen LogP contribution in [-0.4, -0.2) is 54.6 Å². The summed E-state index contributed by atoms with van der Waals surface area (Å²) in [7, 11) is 0. The average molecular weight is 396 g/mol. The van der Waals surface area contributed by atoms with E-state index >= 15 is 0 Å². The van der Waals surface area contributed by atoms with E-state index in [4.69, 9.17) is 16.3 Å². The molecule has 2 N–H and O–H groups in total. The van der Waals surface area contributed by atoms with Gasteiger partial charge in [0.15, 0.2) is 0 Å². The summed E-state index contributed by atoms with van der Waals surface area (Å²) in [5.74, 6) is 1.65. The first-order valence-electron chi connectivity index (χ1n) is 8.62. The summed E-state index contributed by atoms with van der Waals surface area (Å²) >= 11 is 8.24. The highest BCUT2D eigenvalue weighted by Gasteiger charge is 2.35. The minimum atomic E-state index is -0.634. The van der Waals surface area contributed by atoms with Crippen LogP contribution in [0.15, 0.2) is 35.5 Å². The van der Waals surface area contributed by atoms with Crippen LogP contribution >= 0.6 is 23.4 Å². The molecule has 1 fully saturated rings. The molecule has 2 heterocycles. The Labute approximate surface area is 162 Å². The normalized spacial score (nSPS) is 21.2. The van der Waals surface area contributed by atoms with Gasteiger partial charge in [-0.2, -0.15) is 11.8 Å². The highest BCUT2D eigenvalue weighted by molar-refractivity contribution is 7.99. The smallest absolute Gasteiger partial charge is 0.338 e. The molecule has 26 heavy (non-hydrogen) atoms. The first-order chi connectivity index (χ1) is 12.6. The number of benzene rings is 1. The third kappa shape index (κ3) is 4.34. The van der Waals surface area contributed by atoms with Gasteiger partial charge in [-0.05, 0) is 18.6 Å². The van der Waals surface area contributed by atoms with E-state index in [1.165, 1.54) is 0 Å². The number of rotatable bonds is 5. The maximum absolute atomic E-state index is 12.7. The highest BCUT2D eigenvalue weighted by atomic mass is 35.5. The van der Waals surface area contributed by atoms with Crippen LogP contribution in [0.3, 0.4) is 0 Å². The molecule has 0 radical (unpaired) electrons. The third-order valence-electron chi connectivity index (χ3n) is 4.35. The molecule has 140 valence electrons. The summed E-state index contributed by atoms with van der Waals surface area (Å²) in [5, 5.41) is 6.12. The number of nitrogens with zero attached hydrogens (tertiary/aromatic N) is 1. The first kappa shape index (κ1) is 19.1. The van der Waals surface area contributed by atoms with Gasteiger partial charge in [0.1, 0.15) is 0 Å². The van der Waals surface area contributed by atoms with E-state index in [2.05, 4.69) is 15.5 Å². The fourth-order valence-corrected chi connectivity index (χ4v) is 4.34. The van der Waals surface area contributed by atoms with Gasteiger partial charge in [-0.3, -0.25) is 4.90 Å². The Bertz CT molecular complexity index is 719. The molecule has 1 aromatic carbocycles. The van der Waals surface area contributed by atoms with Crippen LogP contribution < -0.4 is 10.6 Å². The summed E-state index contributed by atoms with van der Waals surface area (Å²) in [6.07, 6.45) is 0. The number of ether oxygens (including phenoxy) is 1. The molecule has 1 aromatic rings. The number of hydrogen-bond donors (Lipinski definition) is 2. The Hall–Kier alpha value is -1.70. The predicted molar refractivity (Wildman–Crippen MR) is 103 cm³/mol. The molecular weight excluding hydrogens is 374 g/mol. The summed E-state index contributed by atoms with van der Waals surface area (Å²) in [4.78, 5) is 27.2. The van der Waals surface area contributed by atoms with Crippen molar-refractivity contribution in [3.05, 3.63) is 46.1 Å². The van der Waals surface area contributed by atoms with Gasteiger partial charge in [0.05, 0.1) is 18.2 Å². The minimum absolute atomic E-state index is 0.263. The number of amides is 2. The van der Waals surface area contributed by atoms with Crippen LogP contribution in [-0.2, 0) is 9.53 Å². The molecule has 1 atom stereocenters. The van der Waals surface area contributed by atoms with E-state index in [0.717, 1.165) is 24.6 Å². The second kappa shape index (κ2) is 8.79. The summed E-state index contributed by atoms with van der Waals surface area (Å²) in [6, 6.07) is 6.23. The maximum Gasteiger partial charge on any atom is 0.338 e. The van der Waals surface area contributed by atoms with Gasteiger partial charge < -0.3 is 15.4 Å². The average Bonchev–Trinajstić information content (AvgIpc) is 2.62. The molecule has 0 aliphatic carbocycles. The Morgan fingerprint density at radius 2 is 2.08 bits per heavy atom. The van der Waals surface area contributed by atoms with Gasteiger partial charge in [0.25, 0.3) is 0 Å². The van der Waals surface area contributed by atoms with Crippen LogP contribution in [0.1, 0.15) is 18.5 Å². The lowest BCUT2D eigenvalue weighted by Crippen LogP contribution is -2.49. The molecule has 2 aliphatic heterocycles. The molecule has 1 saturated heterocycles. The van der Waals surface area contributed by atoms with Crippen molar-refractivity contribution in [2.45, 2.75) is 13.0 Å². The van der Waals surface area contributed by atoms with Crippen molar-refractivity contribution in [2.75, 3.05) is 37.7 Å². The number of esters is 1. The molecule has 2 aliphatic rings. The molecule has 3 rings (SSSR count). The van der Waals surface area contributed by atoms with Crippen molar-refractivity contribution in [3.63, 3.8) is 0 Å². The molecular formula is C18H22ClN3O3S. The van der Waals surface area contributed by atoms with Crippen molar-refractivity contribution >= 4 is 35.4 Å². The van der Waals surface area contributed by atoms with Gasteiger partial charge in [-0.25, -0.2) is 9.59 Å². The Morgan fingerprint density at radius 3 is 2.77 bits per heavy atom. The quantitative estimate of drug-likeness (QED) is 0.750. The highest BCUT2D eigenvalue weighted by Crippen LogP contribution is 2.32. The van der Waals surface area contributed by atoms with Crippen LogP contribution in [0, 0.1) is 0 Å². The molecule has 6 nitrogen and oxygen atoms in total. The molecule has 2 amide bonds. The molecule has 0 unspecified atom stereocenters. The van der Waals surface area contributed by atoms with E-state index < -0.39 is 12.0 Å².